The molecular weight excluding hydrogens is 419 g/mol. The third kappa shape index (κ3) is 6.75. The monoisotopic (exact) mass is 448 g/mol. The molecule has 1 atom stereocenters. The zero-order chi connectivity index (χ0) is 22.1. The van der Waals surface area contributed by atoms with Crippen LogP contribution in [0.5, 0.6) is 0 Å². The van der Waals surface area contributed by atoms with E-state index in [1.165, 1.54) is 0 Å². The number of aryl methyl sites for hydroxylation is 1. The van der Waals surface area contributed by atoms with Gasteiger partial charge in [-0.25, -0.2) is 0 Å². The molecule has 30 heavy (non-hydrogen) atoms. The van der Waals surface area contributed by atoms with E-state index in [4.69, 9.17) is 23.2 Å². The third-order valence-electron chi connectivity index (χ3n) is 5.04. The smallest absolute Gasteiger partial charge is 0.242 e. The molecule has 0 bridgehead atoms. The van der Waals surface area contributed by atoms with Crippen molar-refractivity contribution in [3.05, 3.63) is 69.2 Å². The van der Waals surface area contributed by atoms with Crippen molar-refractivity contribution in [1.82, 2.24) is 10.2 Å². The molecular formula is C24H30Cl2N2O2. The number of rotatable bonds is 10. The first kappa shape index (κ1) is 24.2. The second-order valence-electron chi connectivity index (χ2n) is 7.46. The third-order valence-corrected chi connectivity index (χ3v) is 5.75. The van der Waals surface area contributed by atoms with Crippen molar-refractivity contribution in [2.75, 3.05) is 6.54 Å². The molecule has 6 heteroatoms. The predicted molar refractivity (Wildman–Crippen MR) is 124 cm³/mol. The average Bonchev–Trinajstić information content (AvgIpc) is 2.71. The first-order valence-corrected chi connectivity index (χ1v) is 11.2. The Bertz CT molecular complexity index is 850. The molecule has 2 rings (SSSR count). The lowest BCUT2D eigenvalue weighted by Crippen LogP contribution is -2.49. The van der Waals surface area contributed by atoms with Crippen LogP contribution >= 0.6 is 23.2 Å². The number of benzene rings is 2. The zero-order valence-electron chi connectivity index (χ0n) is 17.9. The van der Waals surface area contributed by atoms with Crippen LogP contribution in [0.15, 0.2) is 42.5 Å². The standard InChI is InChI=1S/C24H30Cl2N2O2/c1-4-6-13-27-24(30)22(5-2)28(16-18-10-7-9-17(3)14-18)23(29)15-19-20(25)11-8-12-21(19)26/h7-12,14,22H,4-6,13,15-16H2,1-3H3,(H,27,30)/t22-/m1/s1. The molecule has 0 heterocycles. The number of halogens is 2. The number of carbonyl (C=O) groups excluding carboxylic acids is 2. The van der Waals surface area contributed by atoms with Crippen LogP contribution in [0.2, 0.25) is 10.0 Å². The highest BCUT2D eigenvalue weighted by atomic mass is 35.5. The molecule has 0 saturated carbocycles. The molecule has 2 aromatic carbocycles. The summed E-state index contributed by atoms with van der Waals surface area (Å²) in [6.07, 6.45) is 2.46. The van der Waals surface area contributed by atoms with Crippen LogP contribution in [0.1, 0.15) is 49.8 Å². The first-order chi connectivity index (χ1) is 14.4. The van der Waals surface area contributed by atoms with E-state index < -0.39 is 6.04 Å². The topological polar surface area (TPSA) is 49.4 Å². The highest BCUT2D eigenvalue weighted by Gasteiger charge is 2.29. The summed E-state index contributed by atoms with van der Waals surface area (Å²) in [4.78, 5) is 27.9. The summed E-state index contributed by atoms with van der Waals surface area (Å²) in [6.45, 7) is 6.96. The second kappa shape index (κ2) is 12.0. The first-order valence-electron chi connectivity index (χ1n) is 10.4. The lowest BCUT2D eigenvalue weighted by atomic mass is 10.1. The number of unbranched alkanes of at least 4 members (excludes halogenated alkanes) is 1. The fraction of sp³-hybridized carbons (Fsp3) is 0.417. The molecule has 162 valence electrons. The van der Waals surface area contributed by atoms with Crippen molar-refractivity contribution >= 4 is 35.0 Å². The molecule has 0 aliphatic rings. The van der Waals surface area contributed by atoms with Crippen molar-refractivity contribution in [2.24, 2.45) is 0 Å². The summed E-state index contributed by atoms with van der Waals surface area (Å²) in [7, 11) is 0. The summed E-state index contributed by atoms with van der Waals surface area (Å²) in [5, 5.41) is 3.87. The zero-order valence-corrected chi connectivity index (χ0v) is 19.4. The van der Waals surface area contributed by atoms with Crippen LogP contribution in [-0.4, -0.2) is 29.3 Å². The fourth-order valence-electron chi connectivity index (χ4n) is 3.39. The number of amides is 2. The summed E-state index contributed by atoms with van der Waals surface area (Å²) in [5.74, 6) is -0.304. The molecule has 2 amide bonds. The number of hydrogen-bond donors (Lipinski definition) is 1. The summed E-state index contributed by atoms with van der Waals surface area (Å²) in [5.41, 5.74) is 2.67. The van der Waals surface area contributed by atoms with Crippen molar-refractivity contribution in [2.45, 2.75) is 59.0 Å². The summed E-state index contributed by atoms with van der Waals surface area (Å²) >= 11 is 12.6. The van der Waals surface area contributed by atoms with Gasteiger partial charge in [0.2, 0.25) is 11.8 Å². The molecule has 4 nitrogen and oxygen atoms in total. The highest BCUT2D eigenvalue weighted by molar-refractivity contribution is 6.36. The van der Waals surface area contributed by atoms with Gasteiger partial charge >= 0.3 is 0 Å². The van der Waals surface area contributed by atoms with E-state index in [0.29, 0.717) is 35.1 Å². The number of carbonyl (C=O) groups is 2. The second-order valence-corrected chi connectivity index (χ2v) is 8.27. The number of nitrogens with zero attached hydrogens (tertiary/aromatic N) is 1. The van der Waals surface area contributed by atoms with Gasteiger partial charge < -0.3 is 10.2 Å². The Kier molecular flexibility index (Phi) is 9.67. The van der Waals surface area contributed by atoms with Crippen LogP contribution in [-0.2, 0) is 22.6 Å². The molecule has 0 fully saturated rings. The fourth-order valence-corrected chi connectivity index (χ4v) is 3.92. The molecule has 2 aromatic rings. The molecule has 0 radical (unpaired) electrons. The van der Waals surface area contributed by atoms with Crippen molar-refractivity contribution < 1.29 is 9.59 Å². The normalized spacial score (nSPS) is 11.8. The maximum Gasteiger partial charge on any atom is 0.242 e. The molecule has 0 unspecified atom stereocenters. The molecule has 1 N–H and O–H groups in total. The molecule has 0 saturated heterocycles. The molecule has 0 aromatic heterocycles. The van der Waals surface area contributed by atoms with Gasteiger partial charge in [0.15, 0.2) is 0 Å². The predicted octanol–water partition coefficient (Wildman–Crippen LogP) is 5.57. The Hall–Kier alpha value is -2.04. The van der Waals surface area contributed by atoms with Gasteiger partial charge in [0.25, 0.3) is 0 Å². The van der Waals surface area contributed by atoms with Gasteiger partial charge in [-0.05, 0) is 43.0 Å². The van der Waals surface area contributed by atoms with E-state index in [0.717, 1.165) is 24.0 Å². The van der Waals surface area contributed by atoms with E-state index in [1.807, 2.05) is 38.1 Å². The van der Waals surface area contributed by atoms with E-state index in [-0.39, 0.29) is 18.2 Å². The Labute approximate surface area is 189 Å². The quantitative estimate of drug-likeness (QED) is 0.483. The minimum absolute atomic E-state index is 0.0447. The van der Waals surface area contributed by atoms with Crippen molar-refractivity contribution in [1.29, 1.82) is 0 Å². The van der Waals surface area contributed by atoms with Crippen LogP contribution in [0.25, 0.3) is 0 Å². The Balaban J connectivity index is 2.31. The Morgan fingerprint density at radius 1 is 1.07 bits per heavy atom. The van der Waals surface area contributed by atoms with E-state index in [9.17, 15) is 9.59 Å². The maximum absolute atomic E-state index is 13.4. The largest absolute Gasteiger partial charge is 0.354 e. The molecule has 0 spiro atoms. The van der Waals surface area contributed by atoms with E-state index in [1.54, 1.807) is 23.1 Å². The van der Waals surface area contributed by atoms with Gasteiger partial charge in [-0.3, -0.25) is 9.59 Å². The minimum atomic E-state index is -0.559. The van der Waals surface area contributed by atoms with Crippen molar-refractivity contribution in [3.63, 3.8) is 0 Å². The van der Waals surface area contributed by atoms with Gasteiger partial charge in [0, 0.05) is 23.1 Å². The van der Waals surface area contributed by atoms with Crippen LogP contribution in [0.3, 0.4) is 0 Å². The Morgan fingerprint density at radius 2 is 1.73 bits per heavy atom. The van der Waals surface area contributed by atoms with Gasteiger partial charge in [-0.15, -0.1) is 0 Å². The Morgan fingerprint density at radius 3 is 2.33 bits per heavy atom. The highest BCUT2D eigenvalue weighted by Crippen LogP contribution is 2.26. The van der Waals surface area contributed by atoms with Gasteiger partial charge in [0.05, 0.1) is 6.42 Å². The summed E-state index contributed by atoms with van der Waals surface area (Å²) < 4.78 is 0. The van der Waals surface area contributed by atoms with E-state index in [2.05, 4.69) is 12.2 Å². The van der Waals surface area contributed by atoms with Crippen LogP contribution < -0.4 is 5.32 Å². The van der Waals surface area contributed by atoms with Gasteiger partial charge in [-0.2, -0.15) is 0 Å². The lowest BCUT2D eigenvalue weighted by Gasteiger charge is -2.31. The minimum Gasteiger partial charge on any atom is -0.354 e. The number of hydrogen-bond acceptors (Lipinski definition) is 2. The van der Waals surface area contributed by atoms with Gasteiger partial charge in [-0.1, -0.05) is 79.4 Å². The van der Waals surface area contributed by atoms with Gasteiger partial charge in [0.1, 0.15) is 6.04 Å². The van der Waals surface area contributed by atoms with Crippen molar-refractivity contribution in [3.8, 4) is 0 Å². The van der Waals surface area contributed by atoms with Crippen LogP contribution in [0.4, 0.5) is 0 Å². The van der Waals surface area contributed by atoms with Crippen LogP contribution in [0, 0.1) is 6.92 Å². The average molecular weight is 449 g/mol. The summed E-state index contributed by atoms with van der Waals surface area (Å²) in [6, 6.07) is 12.6. The SMILES string of the molecule is CCCCNC(=O)[C@@H](CC)N(Cc1cccc(C)c1)C(=O)Cc1c(Cl)cccc1Cl. The number of nitrogens with one attached hydrogen (secondary N) is 1. The molecule has 0 aliphatic carbocycles. The maximum atomic E-state index is 13.4. The lowest BCUT2D eigenvalue weighted by molar-refractivity contribution is -0.140. The van der Waals surface area contributed by atoms with E-state index >= 15 is 0 Å². The molecule has 0 aliphatic heterocycles.